The van der Waals surface area contributed by atoms with Gasteiger partial charge in [0.1, 0.15) is 0 Å². The number of halogens is 1. The van der Waals surface area contributed by atoms with E-state index >= 15 is 0 Å². The summed E-state index contributed by atoms with van der Waals surface area (Å²) >= 11 is 6.23. The molecule has 0 aliphatic carbocycles. The Kier molecular flexibility index (Phi) is 5.58. The summed E-state index contributed by atoms with van der Waals surface area (Å²) in [6.07, 6.45) is 0.798. The zero-order valence-electron chi connectivity index (χ0n) is 15.4. The second-order valence-electron chi connectivity index (χ2n) is 6.40. The van der Waals surface area contributed by atoms with Gasteiger partial charge in [-0.25, -0.2) is 8.42 Å². The predicted octanol–water partition coefficient (Wildman–Crippen LogP) is 5.35. The number of nitrogens with one attached hydrogen (secondary N) is 1. The van der Waals surface area contributed by atoms with Gasteiger partial charge in [0, 0.05) is 6.04 Å². The maximum absolute atomic E-state index is 13.2. The molecule has 1 unspecified atom stereocenters. The molecule has 3 rings (SSSR count). The molecule has 5 nitrogen and oxygen atoms in total. The highest BCUT2D eigenvalue weighted by Gasteiger charge is 2.29. The Labute approximate surface area is 164 Å². The zero-order valence-corrected chi connectivity index (χ0v) is 16.9. The van der Waals surface area contributed by atoms with E-state index in [9.17, 15) is 8.42 Å². The molecule has 0 saturated heterocycles. The molecule has 0 bridgehead atoms. The Morgan fingerprint density at radius 3 is 2.44 bits per heavy atom. The van der Waals surface area contributed by atoms with Crippen LogP contribution in [0.4, 0.5) is 5.88 Å². The largest absolute Gasteiger partial charge is 0.419 e. The first-order valence-electron chi connectivity index (χ1n) is 8.67. The number of benzene rings is 2. The summed E-state index contributed by atoms with van der Waals surface area (Å²) in [5.41, 5.74) is 1.51. The first kappa shape index (κ1) is 19.5. The van der Waals surface area contributed by atoms with Crippen molar-refractivity contribution in [3.63, 3.8) is 0 Å². The highest BCUT2D eigenvalue weighted by molar-refractivity contribution is 7.91. The van der Waals surface area contributed by atoms with E-state index in [0.29, 0.717) is 10.6 Å². The van der Waals surface area contributed by atoms with Gasteiger partial charge in [-0.3, -0.25) is 0 Å². The average molecular weight is 405 g/mol. The number of nitrogens with zero attached hydrogens (tertiary/aromatic N) is 1. The van der Waals surface area contributed by atoms with Gasteiger partial charge in [-0.2, -0.15) is 4.98 Å². The van der Waals surface area contributed by atoms with Gasteiger partial charge in [0.15, 0.2) is 0 Å². The monoisotopic (exact) mass is 404 g/mol. The number of oxazole rings is 1. The van der Waals surface area contributed by atoms with E-state index in [1.165, 1.54) is 0 Å². The average Bonchev–Trinajstić information content (AvgIpc) is 3.06. The first-order valence-corrected chi connectivity index (χ1v) is 10.5. The summed E-state index contributed by atoms with van der Waals surface area (Å²) in [6.45, 7) is 5.84. The fraction of sp³-hybridized carbons (Fsp3) is 0.250. The van der Waals surface area contributed by atoms with Crippen LogP contribution >= 0.6 is 11.6 Å². The molecule has 142 valence electrons. The third-order valence-corrected chi connectivity index (χ3v) is 6.28. The predicted molar refractivity (Wildman–Crippen MR) is 107 cm³/mol. The van der Waals surface area contributed by atoms with Crippen molar-refractivity contribution in [2.45, 2.75) is 43.2 Å². The van der Waals surface area contributed by atoms with Gasteiger partial charge in [-0.05, 0) is 44.5 Å². The molecule has 0 saturated carbocycles. The highest BCUT2D eigenvalue weighted by Crippen LogP contribution is 2.35. The van der Waals surface area contributed by atoms with Crippen molar-refractivity contribution in [1.29, 1.82) is 0 Å². The van der Waals surface area contributed by atoms with Crippen molar-refractivity contribution in [3.8, 4) is 11.5 Å². The molecule has 1 N–H and O–H groups in total. The minimum Gasteiger partial charge on any atom is -0.419 e. The van der Waals surface area contributed by atoms with Gasteiger partial charge in [0.25, 0.3) is 0 Å². The van der Waals surface area contributed by atoms with Gasteiger partial charge >= 0.3 is 0 Å². The SMILES string of the molecule is CCC(C)Nc1oc(-c2ccccc2Cl)nc1S(=O)(=O)c1ccc(C)cc1. The molecule has 0 radical (unpaired) electrons. The van der Waals surface area contributed by atoms with E-state index in [1.807, 2.05) is 20.8 Å². The minimum absolute atomic E-state index is 0.0176. The van der Waals surface area contributed by atoms with Crippen molar-refractivity contribution in [1.82, 2.24) is 4.98 Å². The van der Waals surface area contributed by atoms with E-state index in [0.717, 1.165) is 12.0 Å². The van der Waals surface area contributed by atoms with Crippen LogP contribution in [-0.4, -0.2) is 19.4 Å². The molecule has 0 aliphatic heterocycles. The number of anilines is 1. The Morgan fingerprint density at radius 1 is 1.15 bits per heavy atom. The molecule has 7 heteroatoms. The van der Waals surface area contributed by atoms with Gasteiger partial charge in [0.05, 0.1) is 15.5 Å². The molecule has 3 aromatic rings. The summed E-state index contributed by atoms with van der Waals surface area (Å²) in [7, 11) is -3.85. The molecule has 0 fully saturated rings. The van der Waals surface area contributed by atoms with E-state index in [4.69, 9.17) is 16.0 Å². The third kappa shape index (κ3) is 4.01. The van der Waals surface area contributed by atoms with Crippen LogP contribution < -0.4 is 5.32 Å². The first-order chi connectivity index (χ1) is 12.8. The number of rotatable bonds is 6. The normalized spacial score (nSPS) is 12.7. The van der Waals surface area contributed by atoms with Gasteiger partial charge in [0.2, 0.25) is 26.6 Å². The summed E-state index contributed by atoms with van der Waals surface area (Å²) in [4.78, 5) is 4.46. The maximum Gasteiger partial charge on any atom is 0.234 e. The minimum atomic E-state index is -3.85. The van der Waals surface area contributed by atoms with E-state index in [1.54, 1.807) is 48.5 Å². The lowest BCUT2D eigenvalue weighted by molar-refractivity contribution is 0.566. The number of hydrogen-bond donors (Lipinski definition) is 1. The lowest BCUT2D eigenvalue weighted by Gasteiger charge is -2.11. The van der Waals surface area contributed by atoms with Crippen LogP contribution in [0, 0.1) is 6.92 Å². The van der Waals surface area contributed by atoms with E-state index in [2.05, 4.69) is 10.3 Å². The lowest BCUT2D eigenvalue weighted by atomic mass is 10.2. The van der Waals surface area contributed by atoms with Crippen molar-refractivity contribution in [3.05, 3.63) is 59.1 Å². The molecule has 27 heavy (non-hydrogen) atoms. The Bertz CT molecular complexity index is 1040. The van der Waals surface area contributed by atoms with E-state index < -0.39 is 9.84 Å². The quantitative estimate of drug-likeness (QED) is 0.599. The van der Waals surface area contributed by atoms with Crippen molar-refractivity contribution in [2.75, 3.05) is 5.32 Å². The van der Waals surface area contributed by atoms with Gasteiger partial charge < -0.3 is 9.73 Å². The van der Waals surface area contributed by atoms with Crippen LogP contribution in [0.5, 0.6) is 0 Å². The van der Waals surface area contributed by atoms with Crippen molar-refractivity contribution in [2.24, 2.45) is 0 Å². The van der Waals surface area contributed by atoms with Gasteiger partial charge in [-0.1, -0.05) is 48.4 Å². The summed E-state index contributed by atoms with van der Waals surface area (Å²) in [5, 5.41) is 3.41. The van der Waals surface area contributed by atoms with Crippen LogP contribution in [0.3, 0.4) is 0 Å². The molecular weight excluding hydrogens is 384 g/mol. The van der Waals surface area contributed by atoms with Crippen LogP contribution in [0.1, 0.15) is 25.8 Å². The van der Waals surface area contributed by atoms with Crippen LogP contribution in [0.2, 0.25) is 5.02 Å². The fourth-order valence-electron chi connectivity index (χ4n) is 2.48. The highest BCUT2D eigenvalue weighted by atomic mass is 35.5. The van der Waals surface area contributed by atoms with E-state index in [-0.39, 0.29) is 27.7 Å². The smallest absolute Gasteiger partial charge is 0.234 e. The summed E-state index contributed by atoms with van der Waals surface area (Å²) < 4.78 is 32.1. The molecule has 0 spiro atoms. The number of sulfone groups is 1. The molecule has 1 aromatic heterocycles. The second-order valence-corrected chi connectivity index (χ2v) is 8.68. The maximum atomic E-state index is 13.2. The number of aromatic nitrogens is 1. The molecule has 1 atom stereocenters. The Morgan fingerprint density at radius 2 is 1.81 bits per heavy atom. The zero-order chi connectivity index (χ0) is 19.6. The fourth-order valence-corrected chi connectivity index (χ4v) is 3.97. The summed E-state index contributed by atoms with van der Waals surface area (Å²) in [5.74, 6) is 0.289. The third-order valence-electron chi connectivity index (χ3n) is 4.28. The number of aryl methyl sites for hydroxylation is 1. The Hall–Kier alpha value is -2.31. The second kappa shape index (κ2) is 7.74. The topological polar surface area (TPSA) is 72.2 Å². The van der Waals surface area contributed by atoms with Crippen LogP contribution in [0.15, 0.2) is 62.9 Å². The standard InChI is InChI=1S/C20H21ClN2O3S/c1-4-14(3)22-19-20(27(24,25)15-11-9-13(2)10-12-15)23-18(26-19)16-7-5-6-8-17(16)21/h5-12,14,22H,4H2,1-3H3. The van der Waals surface area contributed by atoms with Crippen LogP contribution in [-0.2, 0) is 9.84 Å². The molecular formula is C20H21ClN2O3S. The van der Waals surface area contributed by atoms with Crippen molar-refractivity contribution >= 4 is 27.3 Å². The summed E-state index contributed by atoms with van der Waals surface area (Å²) in [6, 6.07) is 13.7. The molecule has 0 aliphatic rings. The Balaban J connectivity index is 2.15. The lowest BCUT2D eigenvalue weighted by Crippen LogP contribution is -2.15. The van der Waals surface area contributed by atoms with Gasteiger partial charge in [-0.15, -0.1) is 0 Å². The van der Waals surface area contributed by atoms with Crippen LogP contribution in [0.25, 0.3) is 11.5 Å². The molecule has 1 heterocycles. The molecule has 2 aromatic carbocycles. The number of hydrogen-bond acceptors (Lipinski definition) is 5. The molecule has 0 amide bonds. The van der Waals surface area contributed by atoms with Crippen molar-refractivity contribution < 1.29 is 12.8 Å².